The number of fused-ring (bicyclic) bond motifs is 1. The Hall–Kier alpha value is -2.58. The zero-order valence-electron chi connectivity index (χ0n) is 10.7. The van der Waals surface area contributed by atoms with Crippen molar-refractivity contribution >= 4 is 22.8 Å². The summed E-state index contributed by atoms with van der Waals surface area (Å²) in [5, 5.41) is 17.2. The topological polar surface area (TPSA) is 95.1 Å². The fourth-order valence-electron chi connectivity index (χ4n) is 1.62. The number of nitrogens with one attached hydrogen (secondary N) is 2. The number of carbonyl (C=O) groups excluding carboxylic acids is 1. The van der Waals surface area contributed by atoms with Crippen molar-refractivity contribution < 1.29 is 27.9 Å². The first kappa shape index (κ1) is 14.8. The van der Waals surface area contributed by atoms with Gasteiger partial charge in [0.2, 0.25) is 5.54 Å². The maximum Gasteiger partial charge on any atom is 0.422 e. The number of nitrogens with zero attached hydrogens (tertiary/aromatic N) is 1. The Morgan fingerprint density at radius 1 is 1.33 bits per heavy atom. The minimum atomic E-state index is -5.13. The van der Waals surface area contributed by atoms with Crippen LogP contribution in [0, 0.1) is 0 Å². The molecule has 0 aliphatic carbocycles. The van der Waals surface area contributed by atoms with E-state index in [1.807, 2.05) is 0 Å². The molecule has 0 fully saturated rings. The largest absolute Gasteiger partial charge is 0.479 e. The predicted octanol–water partition coefficient (Wildman–Crippen LogP) is 1.70. The van der Waals surface area contributed by atoms with Crippen LogP contribution in [0.25, 0.3) is 10.9 Å². The van der Waals surface area contributed by atoms with Crippen LogP contribution in [0.2, 0.25) is 0 Å². The van der Waals surface area contributed by atoms with Gasteiger partial charge in [-0.25, -0.2) is 4.79 Å². The molecule has 1 heterocycles. The Labute approximate surface area is 115 Å². The number of halogens is 3. The second kappa shape index (κ2) is 4.76. The van der Waals surface area contributed by atoms with Crippen molar-refractivity contribution in [2.24, 2.45) is 0 Å². The summed E-state index contributed by atoms with van der Waals surface area (Å²) in [6.45, 7) is 0.391. The first-order valence-corrected chi connectivity index (χ1v) is 5.71. The van der Waals surface area contributed by atoms with Crippen LogP contribution in [0.1, 0.15) is 17.3 Å². The zero-order chi connectivity index (χ0) is 15.8. The summed E-state index contributed by atoms with van der Waals surface area (Å²) in [5.74, 6) is -3.33. The summed E-state index contributed by atoms with van der Waals surface area (Å²) in [5.41, 5.74) is -3.03. The molecule has 6 nitrogen and oxygen atoms in total. The summed E-state index contributed by atoms with van der Waals surface area (Å²) in [4.78, 5) is 22.7. The van der Waals surface area contributed by atoms with E-state index in [2.05, 4.69) is 10.2 Å². The summed E-state index contributed by atoms with van der Waals surface area (Å²) in [6.07, 6.45) is -3.65. The molecule has 0 aliphatic heterocycles. The molecule has 0 saturated carbocycles. The monoisotopic (exact) mass is 301 g/mol. The molecular weight excluding hydrogens is 291 g/mol. The number of rotatable bonds is 3. The minimum absolute atomic E-state index is 0.108. The summed E-state index contributed by atoms with van der Waals surface area (Å²) >= 11 is 0. The van der Waals surface area contributed by atoms with Crippen LogP contribution < -0.4 is 5.32 Å². The average Bonchev–Trinajstić information content (AvgIpc) is 2.83. The van der Waals surface area contributed by atoms with Crippen LogP contribution >= 0.6 is 0 Å². The van der Waals surface area contributed by atoms with Crippen LogP contribution in [0.3, 0.4) is 0 Å². The summed E-state index contributed by atoms with van der Waals surface area (Å²) < 4.78 is 38.5. The quantitative estimate of drug-likeness (QED) is 0.804. The number of hydrogen-bond acceptors (Lipinski definition) is 3. The van der Waals surface area contributed by atoms with Crippen molar-refractivity contribution in [2.75, 3.05) is 0 Å². The van der Waals surface area contributed by atoms with E-state index in [0.29, 0.717) is 17.8 Å². The molecule has 3 N–H and O–H groups in total. The van der Waals surface area contributed by atoms with E-state index in [4.69, 9.17) is 5.11 Å². The maximum absolute atomic E-state index is 12.8. The lowest BCUT2D eigenvalue weighted by Gasteiger charge is -2.28. The molecule has 112 valence electrons. The number of hydrogen-bond donors (Lipinski definition) is 3. The molecular formula is C12H10F3N3O3. The SMILES string of the molecule is CC(NC(=O)c1ccc2cn[nH]c2c1)(C(=O)O)C(F)(F)F. The molecule has 9 heteroatoms. The van der Waals surface area contributed by atoms with Gasteiger partial charge >= 0.3 is 12.1 Å². The Balaban J connectivity index is 2.33. The van der Waals surface area contributed by atoms with Crippen LogP contribution in [0.5, 0.6) is 0 Å². The Bertz CT molecular complexity index is 710. The van der Waals surface area contributed by atoms with Crippen LogP contribution in [-0.2, 0) is 4.79 Å². The van der Waals surface area contributed by atoms with E-state index in [9.17, 15) is 22.8 Å². The summed E-state index contributed by atoms with van der Waals surface area (Å²) in [6, 6.07) is 4.06. The highest BCUT2D eigenvalue weighted by molar-refractivity contribution is 6.00. The number of aromatic amines is 1. The lowest BCUT2D eigenvalue weighted by Crippen LogP contribution is -2.61. The molecule has 2 rings (SSSR count). The molecule has 0 saturated heterocycles. The van der Waals surface area contributed by atoms with E-state index in [1.54, 1.807) is 0 Å². The van der Waals surface area contributed by atoms with Gasteiger partial charge in [0.05, 0.1) is 11.7 Å². The number of aliphatic carboxylic acids is 1. The van der Waals surface area contributed by atoms with Gasteiger partial charge in [-0.2, -0.15) is 18.3 Å². The third-order valence-corrected chi connectivity index (χ3v) is 3.06. The van der Waals surface area contributed by atoms with Crippen LogP contribution in [0.15, 0.2) is 24.4 Å². The van der Waals surface area contributed by atoms with Gasteiger partial charge in [-0.15, -0.1) is 0 Å². The van der Waals surface area contributed by atoms with Gasteiger partial charge in [-0.3, -0.25) is 9.89 Å². The predicted molar refractivity (Wildman–Crippen MR) is 65.7 cm³/mol. The molecule has 1 amide bonds. The molecule has 1 atom stereocenters. The Kier molecular flexibility index (Phi) is 3.36. The minimum Gasteiger partial charge on any atom is -0.479 e. The van der Waals surface area contributed by atoms with E-state index < -0.39 is 23.6 Å². The molecule has 1 aromatic heterocycles. The van der Waals surface area contributed by atoms with Crippen molar-refractivity contribution in [3.05, 3.63) is 30.0 Å². The molecule has 21 heavy (non-hydrogen) atoms. The number of carboxylic acid groups (broad SMARTS) is 1. The van der Waals surface area contributed by atoms with Gasteiger partial charge in [0.25, 0.3) is 5.91 Å². The Morgan fingerprint density at radius 2 is 2.00 bits per heavy atom. The molecule has 1 aromatic carbocycles. The zero-order valence-corrected chi connectivity index (χ0v) is 10.7. The van der Waals surface area contributed by atoms with Gasteiger partial charge in [0.15, 0.2) is 0 Å². The van der Waals surface area contributed by atoms with Crippen LogP contribution in [-0.4, -0.2) is 38.9 Å². The number of aromatic nitrogens is 2. The Morgan fingerprint density at radius 3 is 2.57 bits per heavy atom. The number of benzene rings is 1. The fraction of sp³-hybridized carbons (Fsp3) is 0.250. The van der Waals surface area contributed by atoms with Gasteiger partial charge < -0.3 is 10.4 Å². The maximum atomic E-state index is 12.8. The molecule has 0 spiro atoms. The number of amides is 1. The molecule has 2 aromatic rings. The standard InChI is InChI=1S/C12H10F3N3O3/c1-11(10(20)21,12(13,14)15)17-9(19)6-2-3-7-5-16-18-8(7)4-6/h2-5H,1H3,(H,16,18)(H,17,19)(H,20,21). The van der Waals surface area contributed by atoms with Gasteiger partial charge in [-0.05, 0) is 19.1 Å². The molecule has 0 radical (unpaired) electrons. The van der Waals surface area contributed by atoms with Crippen molar-refractivity contribution in [2.45, 2.75) is 18.6 Å². The number of H-pyrrole nitrogens is 1. The van der Waals surface area contributed by atoms with E-state index in [0.717, 1.165) is 0 Å². The lowest BCUT2D eigenvalue weighted by atomic mass is 10.0. The van der Waals surface area contributed by atoms with E-state index in [-0.39, 0.29) is 5.56 Å². The van der Waals surface area contributed by atoms with Gasteiger partial charge in [-0.1, -0.05) is 6.07 Å². The first-order valence-electron chi connectivity index (χ1n) is 5.71. The van der Waals surface area contributed by atoms with Gasteiger partial charge in [0.1, 0.15) is 0 Å². The number of carbonyl (C=O) groups is 2. The lowest BCUT2D eigenvalue weighted by molar-refractivity contribution is -0.203. The first-order chi connectivity index (χ1) is 9.65. The van der Waals surface area contributed by atoms with E-state index >= 15 is 0 Å². The third-order valence-electron chi connectivity index (χ3n) is 3.06. The van der Waals surface area contributed by atoms with E-state index in [1.165, 1.54) is 29.7 Å². The second-order valence-electron chi connectivity index (χ2n) is 4.55. The smallest absolute Gasteiger partial charge is 0.422 e. The van der Waals surface area contributed by atoms with Crippen molar-refractivity contribution in [3.8, 4) is 0 Å². The van der Waals surface area contributed by atoms with Crippen molar-refractivity contribution in [1.29, 1.82) is 0 Å². The highest BCUT2D eigenvalue weighted by Gasteiger charge is 2.58. The highest BCUT2D eigenvalue weighted by Crippen LogP contribution is 2.30. The second-order valence-corrected chi connectivity index (χ2v) is 4.55. The molecule has 0 aliphatic rings. The van der Waals surface area contributed by atoms with Crippen molar-refractivity contribution in [1.82, 2.24) is 15.5 Å². The highest BCUT2D eigenvalue weighted by atomic mass is 19.4. The van der Waals surface area contributed by atoms with Crippen LogP contribution in [0.4, 0.5) is 13.2 Å². The van der Waals surface area contributed by atoms with Crippen molar-refractivity contribution in [3.63, 3.8) is 0 Å². The number of alkyl halides is 3. The average molecular weight is 301 g/mol. The summed E-state index contributed by atoms with van der Waals surface area (Å²) in [7, 11) is 0. The normalized spacial score (nSPS) is 14.7. The van der Waals surface area contributed by atoms with Gasteiger partial charge in [0, 0.05) is 10.9 Å². The molecule has 1 unspecified atom stereocenters. The molecule has 0 bridgehead atoms. The third kappa shape index (κ3) is 2.54. The fourth-order valence-corrected chi connectivity index (χ4v) is 1.62. The number of carboxylic acids is 1.